The fraction of sp³-hybridized carbons (Fsp3) is 0.562. The molecule has 0 saturated carbocycles. The van der Waals surface area contributed by atoms with Gasteiger partial charge in [0.25, 0.3) is 0 Å². The maximum absolute atomic E-state index is 8.96. The fourth-order valence-electron chi connectivity index (χ4n) is 1.97. The predicted octanol–water partition coefficient (Wildman–Crippen LogP) is 4.05. The summed E-state index contributed by atoms with van der Waals surface area (Å²) in [6, 6.07) is 8.35. The molecule has 3 nitrogen and oxygen atoms in total. The Balaban J connectivity index is 2.44. The van der Waals surface area contributed by atoms with E-state index in [4.69, 9.17) is 15.7 Å². The predicted molar refractivity (Wildman–Crippen MR) is 85.6 cm³/mol. The van der Waals surface area contributed by atoms with Gasteiger partial charge < -0.3 is 10.5 Å². The SMILES string of the molecule is CC(C)(C#N)CCCCOc1c(Br)cccc1CCN. The second-order valence-electron chi connectivity index (χ2n) is 5.57. The van der Waals surface area contributed by atoms with Gasteiger partial charge in [-0.3, -0.25) is 0 Å². The van der Waals surface area contributed by atoms with Crippen LogP contribution in [0.4, 0.5) is 0 Å². The van der Waals surface area contributed by atoms with Crippen molar-refractivity contribution in [3.05, 3.63) is 28.2 Å². The van der Waals surface area contributed by atoms with Gasteiger partial charge in [0.1, 0.15) is 5.75 Å². The van der Waals surface area contributed by atoms with Crippen molar-refractivity contribution in [2.75, 3.05) is 13.2 Å². The summed E-state index contributed by atoms with van der Waals surface area (Å²) in [6.07, 6.45) is 3.67. The molecule has 0 fully saturated rings. The van der Waals surface area contributed by atoms with Crippen LogP contribution in [0.2, 0.25) is 0 Å². The first-order valence-corrected chi connectivity index (χ1v) is 7.81. The third kappa shape index (κ3) is 5.52. The van der Waals surface area contributed by atoms with E-state index < -0.39 is 0 Å². The summed E-state index contributed by atoms with van der Waals surface area (Å²) in [6.45, 7) is 5.23. The number of nitrogens with two attached hydrogens (primary N) is 1. The van der Waals surface area contributed by atoms with Gasteiger partial charge in [-0.05, 0) is 73.6 Å². The minimum atomic E-state index is -0.238. The minimum absolute atomic E-state index is 0.238. The van der Waals surface area contributed by atoms with Crippen LogP contribution in [-0.4, -0.2) is 13.2 Å². The summed E-state index contributed by atoms with van der Waals surface area (Å²) in [5.74, 6) is 0.900. The molecule has 0 heterocycles. The molecule has 4 heteroatoms. The maximum Gasteiger partial charge on any atom is 0.136 e. The normalized spacial score (nSPS) is 11.2. The molecule has 1 rings (SSSR count). The average molecular weight is 339 g/mol. The third-order valence-corrected chi connectivity index (χ3v) is 3.83. The quantitative estimate of drug-likeness (QED) is 0.727. The summed E-state index contributed by atoms with van der Waals surface area (Å²) in [5, 5.41) is 8.96. The lowest BCUT2D eigenvalue weighted by Crippen LogP contribution is -2.09. The number of benzene rings is 1. The van der Waals surface area contributed by atoms with E-state index in [9.17, 15) is 0 Å². The Bertz CT molecular complexity index is 466. The van der Waals surface area contributed by atoms with Crippen LogP contribution in [0.15, 0.2) is 22.7 Å². The number of rotatable bonds is 8. The van der Waals surface area contributed by atoms with Crippen molar-refractivity contribution in [1.29, 1.82) is 5.26 Å². The van der Waals surface area contributed by atoms with E-state index in [0.29, 0.717) is 13.2 Å². The van der Waals surface area contributed by atoms with Crippen molar-refractivity contribution in [3.8, 4) is 11.8 Å². The van der Waals surface area contributed by atoms with E-state index in [1.165, 1.54) is 0 Å². The highest BCUT2D eigenvalue weighted by Gasteiger charge is 2.15. The van der Waals surface area contributed by atoms with E-state index >= 15 is 0 Å². The average Bonchev–Trinajstić information content (AvgIpc) is 2.41. The van der Waals surface area contributed by atoms with Crippen LogP contribution in [0.5, 0.6) is 5.75 Å². The number of nitriles is 1. The zero-order chi connectivity index (χ0) is 15.0. The summed E-state index contributed by atoms with van der Waals surface area (Å²) in [4.78, 5) is 0. The summed E-state index contributed by atoms with van der Waals surface area (Å²) < 4.78 is 6.86. The second kappa shape index (κ2) is 8.28. The van der Waals surface area contributed by atoms with Gasteiger partial charge in [0.2, 0.25) is 0 Å². The summed E-state index contributed by atoms with van der Waals surface area (Å²) in [5.41, 5.74) is 6.52. The van der Waals surface area contributed by atoms with E-state index in [1.54, 1.807) is 0 Å². The van der Waals surface area contributed by atoms with Crippen molar-refractivity contribution >= 4 is 15.9 Å². The number of hydrogen-bond donors (Lipinski definition) is 1. The highest BCUT2D eigenvalue weighted by molar-refractivity contribution is 9.10. The van der Waals surface area contributed by atoms with Gasteiger partial charge in [0.15, 0.2) is 0 Å². The van der Waals surface area contributed by atoms with Crippen LogP contribution in [0.3, 0.4) is 0 Å². The number of ether oxygens (including phenoxy) is 1. The first-order chi connectivity index (χ1) is 9.50. The van der Waals surface area contributed by atoms with Gasteiger partial charge >= 0.3 is 0 Å². The largest absolute Gasteiger partial charge is 0.492 e. The molecule has 0 aromatic heterocycles. The Labute approximate surface area is 130 Å². The zero-order valence-corrected chi connectivity index (χ0v) is 13.9. The minimum Gasteiger partial charge on any atom is -0.492 e. The molecule has 0 amide bonds. The molecular weight excluding hydrogens is 316 g/mol. The van der Waals surface area contributed by atoms with E-state index in [-0.39, 0.29) is 5.41 Å². The number of nitrogens with zero attached hydrogens (tertiary/aromatic N) is 1. The van der Waals surface area contributed by atoms with Gasteiger partial charge in [-0.15, -0.1) is 0 Å². The Morgan fingerprint density at radius 1 is 1.35 bits per heavy atom. The van der Waals surface area contributed by atoms with Crippen LogP contribution in [0.1, 0.15) is 38.7 Å². The first kappa shape index (κ1) is 17.0. The molecule has 110 valence electrons. The molecule has 20 heavy (non-hydrogen) atoms. The van der Waals surface area contributed by atoms with Crippen LogP contribution < -0.4 is 10.5 Å². The van der Waals surface area contributed by atoms with Crippen molar-refractivity contribution in [1.82, 2.24) is 0 Å². The van der Waals surface area contributed by atoms with Crippen molar-refractivity contribution in [2.24, 2.45) is 11.1 Å². The lowest BCUT2D eigenvalue weighted by atomic mass is 9.89. The molecule has 0 aliphatic rings. The highest BCUT2D eigenvalue weighted by atomic mass is 79.9. The lowest BCUT2D eigenvalue weighted by Gasteiger charge is -2.16. The topological polar surface area (TPSA) is 59.0 Å². The Hall–Kier alpha value is -1.05. The van der Waals surface area contributed by atoms with Crippen molar-refractivity contribution < 1.29 is 4.74 Å². The Kier molecular flexibility index (Phi) is 7.04. The van der Waals surface area contributed by atoms with Crippen LogP contribution in [0, 0.1) is 16.7 Å². The van der Waals surface area contributed by atoms with Gasteiger partial charge in [0, 0.05) is 0 Å². The molecular formula is C16H23BrN2O. The van der Waals surface area contributed by atoms with Crippen LogP contribution >= 0.6 is 15.9 Å². The Morgan fingerprint density at radius 3 is 2.75 bits per heavy atom. The highest BCUT2D eigenvalue weighted by Crippen LogP contribution is 2.30. The van der Waals surface area contributed by atoms with Crippen molar-refractivity contribution in [3.63, 3.8) is 0 Å². The summed E-state index contributed by atoms with van der Waals surface area (Å²) in [7, 11) is 0. The molecule has 0 spiro atoms. The van der Waals surface area contributed by atoms with E-state index in [2.05, 4.69) is 22.0 Å². The third-order valence-electron chi connectivity index (χ3n) is 3.21. The smallest absolute Gasteiger partial charge is 0.136 e. The Morgan fingerprint density at radius 2 is 2.10 bits per heavy atom. The molecule has 0 saturated heterocycles. The molecule has 0 unspecified atom stereocenters. The first-order valence-electron chi connectivity index (χ1n) is 7.01. The molecule has 0 aliphatic heterocycles. The molecule has 0 atom stereocenters. The number of halogens is 1. The second-order valence-corrected chi connectivity index (χ2v) is 6.42. The maximum atomic E-state index is 8.96. The summed E-state index contributed by atoms with van der Waals surface area (Å²) >= 11 is 3.52. The van der Waals surface area contributed by atoms with Crippen LogP contribution in [-0.2, 0) is 6.42 Å². The zero-order valence-electron chi connectivity index (χ0n) is 12.3. The number of unbranched alkanes of at least 4 members (excludes halogenated alkanes) is 1. The lowest BCUT2D eigenvalue weighted by molar-refractivity contribution is 0.291. The van der Waals surface area contributed by atoms with E-state index in [1.807, 2.05) is 32.0 Å². The molecule has 0 aliphatic carbocycles. The van der Waals surface area contributed by atoms with Crippen LogP contribution in [0.25, 0.3) is 0 Å². The molecule has 1 aromatic carbocycles. The molecule has 0 bridgehead atoms. The molecule has 2 N–H and O–H groups in total. The standard InChI is InChI=1S/C16H23BrN2O/c1-16(2,12-19)9-3-4-11-20-15-13(8-10-18)6-5-7-14(15)17/h5-7H,3-4,8-11,18H2,1-2H3. The van der Waals surface area contributed by atoms with Gasteiger partial charge in [-0.1, -0.05) is 12.1 Å². The fourth-order valence-corrected chi connectivity index (χ4v) is 2.49. The number of para-hydroxylation sites is 1. The molecule has 1 aromatic rings. The monoisotopic (exact) mass is 338 g/mol. The van der Waals surface area contributed by atoms with E-state index in [0.717, 1.165) is 41.5 Å². The van der Waals surface area contributed by atoms with Gasteiger partial charge in [-0.25, -0.2) is 0 Å². The van der Waals surface area contributed by atoms with Gasteiger partial charge in [0.05, 0.1) is 22.6 Å². The van der Waals surface area contributed by atoms with Gasteiger partial charge in [-0.2, -0.15) is 5.26 Å². The van der Waals surface area contributed by atoms with Crippen molar-refractivity contribution in [2.45, 2.75) is 39.5 Å². The number of hydrogen-bond acceptors (Lipinski definition) is 3. The molecule has 0 radical (unpaired) electrons.